The van der Waals surface area contributed by atoms with Crippen LogP contribution in [0, 0.1) is 12.7 Å². The van der Waals surface area contributed by atoms with Gasteiger partial charge < -0.3 is 19.7 Å². The van der Waals surface area contributed by atoms with Crippen molar-refractivity contribution in [3.05, 3.63) is 53.3 Å². The number of hydrogen-bond donors (Lipinski definition) is 2. The first-order chi connectivity index (χ1) is 12.8. The second kappa shape index (κ2) is 9.37. The molecule has 0 aromatic heterocycles. The van der Waals surface area contributed by atoms with Crippen LogP contribution in [0.1, 0.15) is 18.1 Å². The second-order valence-electron chi connectivity index (χ2n) is 6.71. The van der Waals surface area contributed by atoms with Crippen molar-refractivity contribution < 1.29 is 23.6 Å². The van der Waals surface area contributed by atoms with Crippen LogP contribution in [0.5, 0.6) is 11.5 Å². The molecule has 2 aromatic carbocycles. The van der Waals surface area contributed by atoms with E-state index in [2.05, 4.69) is 5.32 Å². The highest BCUT2D eigenvalue weighted by Gasteiger charge is 2.22. The van der Waals surface area contributed by atoms with Gasteiger partial charge in [0.05, 0.1) is 27.8 Å². The zero-order valence-corrected chi connectivity index (χ0v) is 16.6. The van der Waals surface area contributed by atoms with Crippen LogP contribution in [-0.4, -0.2) is 39.8 Å². The van der Waals surface area contributed by atoms with E-state index >= 15 is 0 Å². The van der Waals surface area contributed by atoms with E-state index in [-0.39, 0.29) is 17.8 Å². The Balaban J connectivity index is 1.93. The van der Waals surface area contributed by atoms with Crippen LogP contribution in [0.2, 0.25) is 0 Å². The smallest absolute Gasteiger partial charge is 0.282 e. The Morgan fingerprint density at radius 3 is 2.48 bits per heavy atom. The van der Waals surface area contributed by atoms with E-state index in [9.17, 15) is 9.18 Å². The van der Waals surface area contributed by atoms with Crippen molar-refractivity contribution in [3.63, 3.8) is 0 Å². The first kappa shape index (κ1) is 20.7. The summed E-state index contributed by atoms with van der Waals surface area (Å²) in [5, 5.41) is 2.79. The van der Waals surface area contributed by atoms with Crippen LogP contribution in [0.3, 0.4) is 0 Å². The summed E-state index contributed by atoms with van der Waals surface area (Å²) in [6.07, 6.45) is 0.795. The average molecular weight is 375 g/mol. The molecular weight excluding hydrogens is 347 g/mol. The number of rotatable bonds is 8. The Bertz CT molecular complexity index is 795. The number of nitrogens with one attached hydrogen (secondary N) is 2. The number of ether oxygens (including phenoxy) is 2. The van der Waals surface area contributed by atoms with Crippen molar-refractivity contribution >= 4 is 11.6 Å². The van der Waals surface area contributed by atoms with Gasteiger partial charge >= 0.3 is 0 Å². The number of halogens is 1. The highest BCUT2D eigenvalue weighted by atomic mass is 19.1. The van der Waals surface area contributed by atoms with Crippen molar-refractivity contribution in [2.75, 3.05) is 33.1 Å². The Labute approximate surface area is 160 Å². The van der Waals surface area contributed by atoms with E-state index < -0.39 is 0 Å². The molecule has 2 aromatic rings. The van der Waals surface area contributed by atoms with Gasteiger partial charge in [-0.3, -0.25) is 4.79 Å². The van der Waals surface area contributed by atoms with E-state index in [1.54, 1.807) is 33.3 Å². The van der Waals surface area contributed by atoms with Gasteiger partial charge in [0, 0.05) is 12.1 Å². The molecule has 0 aliphatic carbocycles. The third-order valence-electron chi connectivity index (χ3n) is 4.83. The number of methoxy groups -OCH3 is 2. The van der Waals surface area contributed by atoms with Crippen molar-refractivity contribution in [2.45, 2.75) is 26.3 Å². The monoisotopic (exact) mass is 375 g/mol. The molecule has 0 fully saturated rings. The number of hydrogen-bond acceptors (Lipinski definition) is 3. The Morgan fingerprint density at radius 2 is 1.85 bits per heavy atom. The highest BCUT2D eigenvalue weighted by molar-refractivity contribution is 5.93. The van der Waals surface area contributed by atoms with Crippen molar-refractivity contribution in [1.29, 1.82) is 0 Å². The SMILES string of the molecule is COc1ccc(CC[NH+](C)[C@@H](C)C(=O)Nc2ccc(C)c(F)c2)cc1OC. The fourth-order valence-corrected chi connectivity index (χ4v) is 2.74. The van der Waals surface area contributed by atoms with Gasteiger partial charge in [0.1, 0.15) is 5.82 Å². The van der Waals surface area contributed by atoms with Gasteiger partial charge in [-0.25, -0.2) is 4.39 Å². The van der Waals surface area contributed by atoms with E-state index in [0.29, 0.717) is 22.7 Å². The minimum atomic E-state index is -0.324. The third-order valence-corrected chi connectivity index (χ3v) is 4.83. The summed E-state index contributed by atoms with van der Waals surface area (Å²) in [4.78, 5) is 13.5. The third kappa shape index (κ3) is 5.44. The number of anilines is 1. The molecule has 0 saturated carbocycles. The van der Waals surface area contributed by atoms with Gasteiger partial charge in [0.2, 0.25) is 0 Å². The number of quaternary nitrogens is 1. The van der Waals surface area contributed by atoms with E-state index in [0.717, 1.165) is 23.4 Å². The van der Waals surface area contributed by atoms with Crippen molar-refractivity contribution in [3.8, 4) is 11.5 Å². The maximum atomic E-state index is 13.6. The molecule has 0 heterocycles. The number of likely N-dealkylation sites (N-methyl/N-ethyl adjacent to an activating group) is 1. The van der Waals surface area contributed by atoms with Gasteiger partial charge in [-0.05, 0) is 49.2 Å². The molecule has 0 aliphatic rings. The molecule has 27 heavy (non-hydrogen) atoms. The molecule has 2 N–H and O–H groups in total. The molecule has 146 valence electrons. The Hall–Kier alpha value is -2.60. The van der Waals surface area contributed by atoms with Crippen LogP contribution in [0.25, 0.3) is 0 Å². The molecular formula is C21H28FN2O3+. The van der Waals surface area contributed by atoms with Crippen LogP contribution < -0.4 is 19.7 Å². The normalized spacial score (nSPS) is 13.0. The summed E-state index contributed by atoms with van der Waals surface area (Å²) in [6.45, 7) is 4.33. The summed E-state index contributed by atoms with van der Waals surface area (Å²) in [6, 6.07) is 10.3. The lowest BCUT2D eigenvalue weighted by Crippen LogP contribution is -3.14. The number of aryl methyl sites for hydroxylation is 1. The molecule has 2 rings (SSSR count). The van der Waals surface area contributed by atoms with Gasteiger partial charge in [-0.15, -0.1) is 0 Å². The lowest BCUT2D eigenvalue weighted by atomic mass is 10.1. The quantitative estimate of drug-likeness (QED) is 0.744. The molecule has 0 saturated heterocycles. The molecule has 1 unspecified atom stereocenters. The zero-order chi connectivity index (χ0) is 20.0. The largest absolute Gasteiger partial charge is 0.493 e. The molecule has 0 spiro atoms. The highest BCUT2D eigenvalue weighted by Crippen LogP contribution is 2.27. The second-order valence-corrected chi connectivity index (χ2v) is 6.71. The fourth-order valence-electron chi connectivity index (χ4n) is 2.74. The van der Waals surface area contributed by atoms with E-state index in [1.807, 2.05) is 32.2 Å². The minimum absolute atomic E-state index is 0.136. The van der Waals surface area contributed by atoms with Gasteiger partial charge in [0.25, 0.3) is 5.91 Å². The van der Waals surface area contributed by atoms with Crippen molar-refractivity contribution in [2.24, 2.45) is 0 Å². The molecule has 1 amide bonds. The number of benzene rings is 2. The number of carbonyl (C=O) groups is 1. The Morgan fingerprint density at radius 1 is 1.15 bits per heavy atom. The lowest BCUT2D eigenvalue weighted by molar-refractivity contribution is -0.893. The molecule has 0 radical (unpaired) electrons. The van der Waals surface area contributed by atoms with E-state index in [1.165, 1.54) is 6.07 Å². The summed E-state index contributed by atoms with van der Waals surface area (Å²) in [7, 11) is 5.19. The first-order valence-electron chi connectivity index (χ1n) is 8.96. The molecule has 6 heteroatoms. The van der Waals surface area contributed by atoms with Crippen LogP contribution in [-0.2, 0) is 11.2 Å². The maximum Gasteiger partial charge on any atom is 0.282 e. The number of amides is 1. The summed E-state index contributed by atoms with van der Waals surface area (Å²) < 4.78 is 24.2. The molecule has 5 nitrogen and oxygen atoms in total. The molecule has 0 aliphatic heterocycles. The summed E-state index contributed by atoms with van der Waals surface area (Å²) >= 11 is 0. The lowest BCUT2D eigenvalue weighted by Gasteiger charge is -2.21. The van der Waals surface area contributed by atoms with Crippen LogP contribution >= 0.6 is 0 Å². The van der Waals surface area contributed by atoms with Gasteiger partial charge in [0.15, 0.2) is 17.5 Å². The summed E-state index contributed by atoms with van der Waals surface area (Å²) in [5.74, 6) is 0.928. The Kier molecular flexibility index (Phi) is 7.19. The van der Waals surface area contributed by atoms with E-state index in [4.69, 9.17) is 9.47 Å². The maximum absolute atomic E-state index is 13.6. The summed E-state index contributed by atoms with van der Waals surface area (Å²) in [5.41, 5.74) is 2.14. The van der Waals surface area contributed by atoms with Gasteiger partial charge in [-0.2, -0.15) is 0 Å². The van der Waals surface area contributed by atoms with Crippen molar-refractivity contribution in [1.82, 2.24) is 0 Å². The van der Waals surface area contributed by atoms with Crippen LogP contribution in [0.15, 0.2) is 36.4 Å². The predicted molar refractivity (Wildman–Crippen MR) is 104 cm³/mol. The van der Waals surface area contributed by atoms with Crippen LogP contribution in [0.4, 0.5) is 10.1 Å². The van der Waals surface area contributed by atoms with Gasteiger partial charge in [-0.1, -0.05) is 12.1 Å². The molecule has 2 atom stereocenters. The predicted octanol–water partition coefficient (Wildman–Crippen LogP) is 2.24. The average Bonchev–Trinajstić information content (AvgIpc) is 2.67. The molecule has 0 bridgehead atoms. The standard InChI is InChI=1S/C21H27FN2O3/c1-14-6-8-17(13-18(14)22)23-21(25)15(2)24(3)11-10-16-7-9-19(26-4)20(12-16)27-5/h6-9,12-13,15H,10-11H2,1-5H3,(H,23,25)/p+1/t15-/m0/s1. The number of carbonyl (C=O) groups excluding carboxylic acids is 1. The fraction of sp³-hybridized carbons (Fsp3) is 0.381. The topological polar surface area (TPSA) is 52.0 Å². The minimum Gasteiger partial charge on any atom is -0.493 e. The first-order valence-corrected chi connectivity index (χ1v) is 8.96. The zero-order valence-electron chi connectivity index (χ0n) is 16.6.